The zero-order valence-electron chi connectivity index (χ0n) is 12.3. The van der Waals surface area contributed by atoms with Crippen LogP contribution in [-0.2, 0) is 28.6 Å². The lowest BCUT2D eigenvalue weighted by Gasteiger charge is -2.27. The second-order valence-corrected chi connectivity index (χ2v) is 4.91. The summed E-state index contributed by atoms with van der Waals surface area (Å²) in [5, 5.41) is 0. The van der Waals surface area contributed by atoms with Crippen LogP contribution >= 0.6 is 0 Å². The van der Waals surface area contributed by atoms with Gasteiger partial charge in [-0.1, -0.05) is 19.4 Å². The van der Waals surface area contributed by atoms with E-state index in [1.54, 1.807) is 0 Å². The van der Waals surface area contributed by atoms with Crippen molar-refractivity contribution in [1.82, 2.24) is 0 Å². The quantitative estimate of drug-likeness (QED) is 0.308. The first-order valence-electron chi connectivity index (χ1n) is 7.13. The highest BCUT2D eigenvalue weighted by molar-refractivity contribution is 5.82. The first kappa shape index (κ1) is 17.2. The Hall–Kier alpha value is -1.85. The summed E-state index contributed by atoms with van der Waals surface area (Å²) >= 11 is 0. The molecule has 6 heteroatoms. The van der Waals surface area contributed by atoms with Gasteiger partial charge in [0, 0.05) is 12.5 Å². The molecule has 1 rings (SSSR count). The van der Waals surface area contributed by atoms with Gasteiger partial charge in [-0.3, -0.25) is 9.59 Å². The summed E-state index contributed by atoms with van der Waals surface area (Å²) in [6.45, 7) is 3.61. The minimum Gasteiger partial charge on any atom is -0.469 e. The summed E-state index contributed by atoms with van der Waals surface area (Å²) < 4.78 is 14.7. The fourth-order valence-corrected chi connectivity index (χ4v) is 2.42. The number of hydrogen-bond acceptors (Lipinski definition) is 6. The van der Waals surface area contributed by atoms with Crippen molar-refractivity contribution in [2.75, 3.05) is 20.3 Å². The number of hydrogen-bond donors (Lipinski definition) is 0. The maximum absolute atomic E-state index is 12.0. The molecule has 21 heavy (non-hydrogen) atoms. The topological polar surface area (TPSA) is 78.9 Å². The molecule has 1 saturated carbocycles. The molecule has 0 aliphatic heterocycles. The van der Waals surface area contributed by atoms with Gasteiger partial charge in [-0.05, 0) is 12.8 Å². The van der Waals surface area contributed by atoms with Crippen LogP contribution in [0, 0.1) is 11.8 Å². The predicted molar refractivity (Wildman–Crippen MR) is 74.2 cm³/mol. The molecule has 0 aromatic heterocycles. The number of carbonyl (C=O) groups is 3. The van der Waals surface area contributed by atoms with E-state index in [0.717, 1.165) is 18.9 Å². The number of esters is 3. The van der Waals surface area contributed by atoms with Gasteiger partial charge in [0.05, 0.1) is 32.2 Å². The fraction of sp³-hybridized carbons (Fsp3) is 0.667. The second kappa shape index (κ2) is 9.15. The van der Waals surface area contributed by atoms with Crippen molar-refractivity contribution in [1.29, 1.82) is 0 Å². The average Bonchev–Trinajstić information content (AvgIpc) is 2.53. The van der Waals surface area contributed by atoms with Gasteiger partial charge in [-0.15, -0.1) is 0 Å². The van der Waals surface area contributed by atoms with E-state index in [1.807, 2.05) is 0 Å². The summed E-state index contributed by atoms with van der Waals surface area (Å²) in [6, 6.07) is 0. The number of rotatable bonds is 7. The first-order valence-corrected chi connectivity index (χ1v) is 7.13. The van der Waals surface area contributed by atoms with Gasteiger partial charge in [-0.2, -0.15) is 0 Å². The van der Waals surface area contributed by atoms with Crippen LogP contribution < -0.4 is 0 Å². The lowest BCUT2D eigenvalue weighted by molar-refractivity contribution is -0.161. The molecule has 0 N–H and O–H groups in total. The summed E-state index contributed by atoms with van der Waals surface area (Å²) in [4.78, 5) is 34.5. The van der Waals surface area contributed by atoms with Gasteiger partial charge in [0.25, 0.3) is 0 Å². The van der Waals surface area contributed by atoms with Crippen molar-refractivity contribution >= 4 is 17.9 Å². The molecule has 118 valence electrons. The van der Waals surface area contributed by atoms with Crippen LogP contribution in [0.3, 0.4) is 0 Å². The van der Waals surface area contributed by atoms with Gasteiger partial charge in [0.15, 0.2) is 0 Å². The Balaban J connectivity index is 2.33. The molecular formula is C15H22O6. The van der Waals surface area contributed by atoms with Crippen LogP contribution in [0.25, 0.3) is 0 Å². The van der Waals surface area contributed by atoms with Crippen molar-refractivity contribution in [3.63, 3.8) is 0 Å². The standard InChI is InChI=1S/C15H22O6/c1-3-13(16)20-9-6-10-21-15(18)12-8-5-4-7-11(12)14(17)19-2/h3,11-12H,1,4-10H2,2H3. The highest BCUT2D eigenvalue weighted by atomic mass is 16.5. The van der Waals surface area contributed by atoms with Gasteiger partial charge < -0.3 is 14.2 Å². The Bertz CT molecular complexity index is 390. The molecule has 1 fully saturated rings. The molecule has 1 aliphatic carbocycles. The summed E-state index contributed by atoms with van der Waals surface area (Å²) in [7, 11) is 1.33. The van der Waals surface area contributed by atoms with E-state index >= 15 is 0 Å². The lowest BCUT2D eigenvalue weighted by atomic mass is 9.79. The van der Waals surface area contributed by atoms with Gasteiger partial charge in [0.2, 0.25) is 0 Å². The van der Waals surface area contributed by atoms with E-state index in [4.69, 9.17) is 14.2 Å². The van der Waals surface area contributed by atoms with Crippen molar-refractivity contribution in [3.8, 4) is 0 Å². The van der Waals surface area contributed by atoms with Crippen molar-refractivity contribution in [2.45, 2.75) is 32.1 Å². The Morgan fingerprint density at radius 3 is 2.19 bits per heavy atom. The van der Waals surface area contributed by atoms with Gasteiger partial charge in [0.1, 0.15) is 0 Å². The van der Waals surface area contributed by atoms with Crippen molar-refractivity contribution in [2.24, 2.45) is 11.8 Å². The van der Waals surface area contributed by atoms with E-state index in [1.165, 1.54) is 7.11 Å². The highest BCUT2D eigenvalue weighted by Crippen LogP contribution is 2.31. The Kier molecular flexibility index (Phi) is 7.50. The Labute approximate surface area is 124 Å². The van der Waals surface area contributed by atoms with E-state index in [9.17, 15) is 14.4 Å². The Morgan fingerprint density at radius 2 is 1.62 bits per heavy atom. The first-order chi connectivity index (χ1) is 10.1. The molecule has 0 spiro atoms. The monoisotopic (exact) mass is 298 g/mol. The van der Waals surface area contributed by atoms with Gasteiger partial charge >= 0.3 is 17.9 Å². The van der Waals surface area contributed by atoms with Crippen LogP contribution in [0.2, 0.25) is 0 Å². The Morgan fingerprint density at radius 1 is 1.05 bits per heavy atom. The fourth-order valence-electron chi connectivity index (χ4n) is 2.42. The van der Waals surface area contributed by atoms with Crippen molar-refractivity contribution in [3.05, 3.63) is 12.7 Å². The molecule has 0 bridgehead atoms. The van der Waals surface area contributed by atoms with Crippen LogP contribution in [0.5, 0.6) is 0 Å². The molecule has 2 unspecified atom stereocenters. The molecule has 0 saturated heterocycles. The van der Waals surface area contributed by atoms with E-state index in [0.29, 0.717) is 19.3 Å². The molecule has 6 nitrogen and oxygen atoms in total. The van der Waals surface area contributed by atoms with Crippen LogP contribution in [0.15, 0.2) is 12.7 Å². The third kappa shape index (κ3) is 5.57. The van der Waals surface area contributed by atoms with Gasteiger partial charge in [-0.25, -0.2) is 4.79 Å². The molecule has 2 atom stereocenters. The summed E-state index contributed by atoms with van der Waals surface area (Å²) in [5.41, 5.74) is 0. The third-order valence-electron chi connectivity index (χ3n) is 3.52. The van der Waals surface area contributed by atoms with E-state index in [2.05, 4.69) is 6.58 Å². The minimum absolute atomic E-state index is 0.160. The number of carbonyl (C=O) groups excluding carboxylic acids is 3. The lowest BCUT2D eigenvalue weighted by Crippen LogP contribution is -2.34. The molecule has 0 radical (unpaired) electrons. The van der Waals surface area contributed by atoms with E-state index in [-0.39, 0.29) is 25.2 Å². The molecule has 1 aliphatic rings. The maximum atomic E-state index is 12.0. The SMILES string of the molecule is C=CC(=O)OCCCOC(=O)C1CCCCC1C(=O)OC. The third-order valence-corrected chi connectivity index (χ3v) is 3.52. The number of methoxy groups -OCH3 is 1. The number of ether oxygens (including phenoxy) is 3. The van der Waals surface area contributed by atoms with Crippen LogP contribution in [0.1, 0.15) is 32.1 Å². The highest BCUT2D eigenvalue weighted by Gasteiger charge is 2.37. The van der Waals surface area contributed by atoms with Crippen LogP contribution in [0.4, 0.5) is 0 Å². The normalized spacial score (nSPS) is 21.2. The summed E-state index contributed by atoms with van der Waals surface area (Å²) in [5.74, 6) is -2.06. The molecule has 0 aromatic rings. The largest absolute Gasteiger partial charge is 0.469 e. The zero-order valence-corrected chi connectivity index (χ0v) is 12.3. The molecular weight excluding hydrogens is 276 g/mol. The second-order valence-electron chi connectivity index (χ2n) is 4.91. The molecule has 0 heterocycles. The van der Waals surface area contributed by atoms with Crippen molar-refractivity contribution < 1.29 is 28.6 Å². The summed E-state index contributed by atoms with van der Waals surface area (Å²) in [6.07, 6.45) is 4.62. The smallest absolute Gasteiger partial charge is 0.330 e. The maximum Gasteiger partial charge on any atom is 0.330 e. The average molecular weight is 298 g/mol. The van der Waals surface area contributed by atoms with Crippen LogP contribution in [-0.4, -0.2) is 38.2 Å². The van der Waals surface area contributed by atoms with E-state index < -0.39 is 17.8 Å². The predicted octanol–water partition coefficient (Wildman–Crippen LogP) is 1.63. The minimum atomic E-state index is -0.501. The molecule has 0 amide bonds. The molecule has 0 aromatic carbocycles. The zero-order chi connectivity index (χ0) is 15.7.